The molecular weight excluding hydrogens is 408 g/mol. The Morgan fingerprint density at radius 1 is 0.606 bits per heavy atom. The summed E-state index contributed by atoms with van der Waals surface area (Å²) in [7, 11) is 0. The predicted molar refractivity (Wildman–Crippen MR) is 141 cm³/mol. The van der Waals surface area contributed by atoms with Crippen molar-refractivity contribution in [3.63, 3.8) is 0 Å². The molecule has 0 radical (unpaired) electrons. The standard InChI is InChI=1S/C30H48O3/c1-2-3-4-5-6-7-8-9-10-11-12-13-14-15-16-17-18-19-20-25-32-28-22-23-29-27(26-28)21-24-30(31)33-29/h21-24,26H,2-20,25H2,1H3. The molecule has 2 rings (SSSR count). The van der Waals surface area contributed by atoms with Gasteiger partial charge in [-0.25, -0.2) is 4.79 Å². The summed E-state index contributed by atoms with van der Waals surface area (Å²) in [6, 6.07) is 8.85. The summed E-state index contributed by atoms with van der Waals surface area (Å²) < 4.78 is 11.0. The van der Waals surface area contributed by atoms with Gasteiger partial charge in [0.1, 0.15) is 11.3 Å². The first kappa shape index (κ1) is 27.5. The van der Waals surface area contributed by atoms with Crippen molar-refractivity contribution in [2.45, 2.75) is 129 Å². The molecule has 0 atom stereocenters. The number of unbranched alkanes of at least 4 members (excludes halogenated alkanes) is 18. The van der Waals surface area contributed by atoms with Gasteiger partial charge in [0, 0.05) is 11.5 Å². The molecule has 1 heterocycles. The summed E-state index contributed by atoms with van der Waals surface area (Å²) in [5, 5.41) is 0.903. The van der Waals surface area contributed by atoms with E-state index in [2.05, 4.69) is 6.92 Å². The number of ether oxygens (including phenoxy) is 1. The Labute approximate surface area is 202 Å². The van der Waals surface area contributed by atoms with Crippen LogP contribution in [-0.4, -0.2) is 6.61 Å². The van der Waals surface area contributed by atoms with Crippen LogP contribution >= 0.6 is 0 Å². The zero-order valence-corrected chi connectivity index (χ0v) is 21.3. The molecule has 186 valence electrons. The Hall–Kier alpha value is -1.77. The molecule has 0 fully saturated rings. The third kappa shape index (κ3) is 13.5. The third-order valence-corrected chi connectivity index (χ3v) is 6.61. The lowest BCUT2D eigenvalue weighted by atomic mass is 10.0. The van der Waals surface area contributed by atoms with E-state index < -0.39 is 0 Å². The van der Waals surface area contributed by atoms with Crippen LogP contribution < -0.4 is 10.4 Å². The average molecular weight is 457 g/mol. The van der Waals surface area contributed by atoms with Crippen molar-refractivity contribution < 1.29 is 9.15 Å². The van der Waals surface area contributed by atoms with Crippen LogP contribution in [0.4, 0.5) is 0 Å². The highest BCUT2D eigenvalue weighted by molar-refractivity contribution is 5.77. The van der Waals surface area contributed by atoms with Crippen LogP contribution in [0.1, 0.15) is 129 Å². The van der Waals surface area contributed by atoms with Crippen molar-refractivity contribution in [2.75, 3.05) is 6.61 Å². The summed E-state index contributed by atoms with van der Waals surface area (Å²) in [4.78, 5) is 11.2. The molecule has 0 aliphatic carbocycles. The summed E-state index contributed by atoms with van der Waals surface area (Å²) in [6.45, 7) is 3.04. The van der Waals surface area contributed by atoms with E-state index in [1.165, 1.54) is 122 Å². The molecule has 33 heavy (non-hydrogen) atoms. The monoisotopic (exact) mass is 456 g/mol. The molecule has 0 spiro atoms. The molecule has 0 N–H and O–H groups in total. The van der Waals surface area contributed by atoms with E-state index in [1.807, 2.05) is 18.2 Å². The van der Waals surface area contributed by atoms with Crippen LogP contribution in [0, 0.1) is 0 Å². The van der Waals surface area contributed by atoms with Gasteiger partial charge in [0.2, 0.25) is 0 Å². The van der Waals surface area contributed by atoms with Crippen molar-refractivity contribution in [3.8, 4) is 5.75 Å². The second-order valence-electron chi connectivity index (χ2n) is 9.67. The maximum Gasteiger partial charge on any atom is 0.336 e. The molecule has 2 aromatic rings. The molecule has 3 nitrogen and oxygen atoms in total. The van der Waals surface area contributed by atoms with E-state index >= 15 is 0 Å². The van der Waals surface area contributed by atoms with Crippen molar-refractivity contribution in [2.24, 2.45) is 0 Å². The van der Waals surface area contributed by atoms with Crippen molar-refractivity contribution in [1.82, 2.24) is 0 Å². The first-order chi connectivity index (χ1) is 16.3. The minimum absolute atomic E-state index is 0.315. The van der Waals surface area contributed by atoms with Crippen molar-refractivity contribution in [3.05, 3.63) is 40.8 Å². The van der Waals surface area contributed by atoms with Crippen LogP contribution in [-0.2, 0) is 0 Å². The maximum absolute atomic E-state index is 11.2. The zero-order chi connectivity index (χ0) is 23.4. The molecule has 1 aromatic carbocycles. The lowest BCUT2D eigenvalue weighted by Gasteiger charge is -2.07. The number of hydrogen-bond acceptors (Lipinski definition) is 3. The predicted octanol–water partition coefficient (Wildman–Crippen LogP) is 9.60. The van der Waals surface area contributed by atoms with Gasteiger partial charge in [0.05, 0.1) is 6.61 Å². The van der Waals surface area contributed by atoms with Crippen molar-refractivity contribution in [1.29, 1.82) is 0 Å². The highest BCUT2D eigenvalue weighted by atomic mass is 16.5. The largest absolute Gasteiger partial charge is 0.494 e. The summed E-state index contributed by atoms with van der Waals surface area (Å²) in [5.41, 5.74) is 0.295. The molecule has 0 aliphatic rings. The van der Waals surface area contributed by atoms with E-state index in [1.54, 1.807) is 6.07 Å². The van der Waals surface area contributed by atoms with Gasteiger partial charge < -0.3 is 9.15 Å². The highest BCUT2D eigenvalue weighted by Crippen LogP contribution is 2.20. The van der Waals surface area contributed by atoms with Crippen LogP contribution in [0.2, 0.25) is 0 Å². The summed E-state index contributed by atoms with van der Waals surface area (Å²) in [6.07, 6.45) is 26.5. The topological polar surface area (TPSA) is 39.4 Å². The molecule has 0 unspecified atom stereocenters. The normalized spacial score (nSPS) is 11.3. The van der Waals surface area contributed by atoms with Gasteiger partial charge in [-0.2, -0.15) is 0 Å². The van der Waals surface area contributed by atoms with E-state index in [0.29, 0.717) is 5.58 Å². The molecule has 0 saturated heterocycles. The average Bonchev–Trinajstić information content (AvgIpc) is 2.83. The molecule has 0 amide bonds. The fraction of sp³-hybridized carbons (Fsp3) is 0.700. The SMILES string of the molecule is CCCCCCCCCCCCCCCCCCCCCOc1ccc2oc(=O)ccc2c1. The van der Waals surface area contributed by atoms with Gasteiger partial charge >= 0.3 is 5.63 Å². The second-order valence-corrected chi connectivity index (χ2v) is 9.67. The molecule has 0 bridgehead atoms. The Morgan fingerprint density at radius 3 is 1.61 bits per heavy atom. The second kappa shape index (κ2) is 18.6. The minimum atomic E-state index is -0.315. The fourth-order valence-corrected chi connectivity index (χ4v) is 4.51. The maximum atomic E-state index is 11.2. The smallest absolute Gasteiger partial charge is 0.336 e. The zero-order valence-electron chi connectivity index (χ0n) is 21.3. The number of hydrogen-bond donors (Lipinski definition) is 0. The summed E-state index contributed by atoms with van der Waals surface area (Å²) in [5.74, 6) is 0.846. The van der Waals surface area contributed by atoms with Crippen LogP contribution in [0.5, 0.6) is 5.75 Å². The molecule has 3 heteroatoms. The molecule has 0 aliphatic heterocycles. The number of benzene rings is 1. The lowest BCUT2D eigenvalue weighted by Crippen LogP contribution is -1.98. The quantitative estimate of drug-likeness (QED) is 0.139. The van der Waals surface area contributed by atoms with Crippen molar-refractivity contribution >= 4 is 11.0 Å². The van der Waals surface area contributed by atoms with Gasteiger partial charge in [-0.3, -0.25) is 0 Å². The number of rotatable bonds is 21. The van der Waals surface area contributed by atoms with Gasteiger partial charge in [0.15, 0.2) is 0 Å². The Kier molecular flexibility index (Phi) is 15.5. The first-order valence-electron chi connectivity index (χ1n) is 14.0. The molecule has 0 saturated carbocycles. The third-order valence-electron chi connectivity index (χ3n) is 6.61. The summed E-state index contributed by atoms with van der Waals surface area (Å²) >= 11 is 0. The van der Waals surface area contributed by atoms with Crippen LogP contribution in [0.3, 0.4) is 0 Å². The fourth-order valence-electron chi connectivity index (χ4n) is 4.51. The Balaban J connectivity index is 1.31. The molecule has 1 aromatic heterocycles. The van der Waals surface area contributed by atoms with E-state index in [9.17, 15) is 4.79 Å². The van der Waals surface area contributed by atoms with E-state index in [4.69, 9.17) is 9.15 Å². The van der Waals surface area contributed by atoms with Gasteiger partial charge in [0.25, 0.3) is 0 Å². The number of fused-ring (bicyclic) bond motifs is 1. The highest BCUT2D eigenvalue weighted by Gasteiger charge is 2.00. The Bertz CT molecular complexity index is 779. The van der Waals surface area contributed by atoms with E-state index in [0.717, 1.165) is 24.2 Å². The van der Waals surface area contributed by atoms with Gasteiger partial charge in [-0.15, -0.1) is 0 Å². The van der Waals surface area contributed by atoms with Gasteiger partial charge in [-0.05, 0) is 30.7 Å². The van der Waals surface area contributed by atoms with Crippen LogP contribution in [0.15, 0.2) is 39.5 Å². The minimum Gasteiger partial charge on any atom is -0.494 e. The lowest BCUT2D eigenvalue weighted by molar-refractivity contribution is 0.304. The first-order valence-corrected chi connectivity index (χ1v) is 14.0. The van der Waals surface area contributed by atoms with Gasteiger partial charge in [-0.1, -0.05) is 122 Å². The molecular formula is C30H48O3. The van der Waals surface area contributed by atoms with Crippen LogP contribution in [0.25, 0.3) is 11.0 Å². The Morgan fingerprint density at radius 2 is 1.09 bits per heavy atom. The van der Waals surface area contributed by atoms with E-state index in [-0.39, 0.29) is 5.63 Å².